The minimum Gasteiger partial charge on any atom is -0.402 e. The molecule has 0 spiro atoms. The second-order valence-corrected chi connectivity index (χ2v) is 16.9. The number of nitrogens with two attached hydrogens (primary N) is 1. The van der Waals surface area contributed by atoms with Crippen LogP contribution in [0.1, 0.15) is 49.6 Å². The predicted octanol–water partition coefficient (Wildman–Crippen LogP) is 4.30. The molecule has 3 aliphatic heterocycles. The summed E-state index contributed by atoms with van der Waals surface area (Å²) in [5.41, 5.74) is 13.9. The normalized spacial score (nSPS) is 16.9. The van der Waals surface area contributed by atoms with Crippen molar-refractivity contribution in [2.45, 2.75) is 39.0 Å². The zero-order valence-electron chi connectivity index (χ0n) is 37.0. The number of nitrogens with one attached hydrogen (secondary N) is 2. The number of amides is 4. The van der Waals surface area contributed by atoms with Crippen molar-refractivity contribution in [1.82, 2.24) is 39.8 Å². The monoisotopic (exact) mass is 868 g/mol. The molecule has 0 aliphatic carbocycles. The van der Waals surface area contributed by atoms with E-state index in [1.807, 2.05) is 55.3 Å². The molecule has 336 valence electrons. The number of carbonyl (C=O) groups is 3. The lowest BCUT2D eigenvalue weighted by Crippen LogP contribution is -2.50. The highest BCUT2D eigenvalue weighted by Gasteiger charge is 2.28. The molecule has 3 saturated heterocycles. The Morgan fingerprint density at radius 1 is 0.828 bits per heavy atom. The largest absolute Gasteiger partial charge is 0.402 e. The van der Waals surface area contributed by atoms with E-state index in [0.717, 1.165) is 116 Å². The molecule has 3 fully saturated rings. The number of aliphatic hydroxyl groups is 1. The van der Waals surface area contributed by atoms with E-state index in [-0.39, 0.29) is 37.9 Å². The standard InChI is InChI=1S/C48H60N12O4/c1-34(49)45(46-51-40(36-12-6-3-7-13-36)32-42(52-46)58-24-20-57(21-25-58)28-29-61)37-14-9-11-35(30-37)10-5-4-8-18-56-22-26-59(27-23-56)44(63)33-50-38-15-16-39-41(31-38)55(2)54-47(39)60-19-17-43(62)53-48(60)64/h3,6-7,9,11-16,30-32,50,61H,4-5,8,10,17-29,33,49H2,1-2H3,(H,53,62,64)/b45-34-. The van der Waals surface area contributed by atoms with Gasteiger partial charge in [-0.15, -0.1) is 0 Å². The first-order valence-electron chi connectivity index (χ1n) is 22.5. The summed E-state index contributed by atoms with van der Waals surface area (Å²) >= 11 is 0. The van der Waals surface area contributed by atoms with Crippen LogP contribution in [0.4, 0.5) is 22.1 Å². The summed E-state index contributed by atoms with van der Waals surface area (Å²) in [6.07, 6.45) is 4.46. The maximum atomic E-state index is 13.2. The van der Waals surface area contributed by atoms with Crippen LogP contribution in [0.3, 0.4) is 0 Å². The Balaban J connectivity index is 0.804. The number of piperazine rings is 2. The molecular formula is C48H60N12O4. The summed E-state index contributed by atoms with van der Waals surface area (Å²) < 4.78 is 1.71. The fraction of sp³-hybridized carbons (Fsp3) is 0.417. The van der Waals surface area contributed by atoms with Gasteiger partial charge >= 0.3 is 6.03 Å². The van der Waals surface area contributed by atoms with Gasteiger partial charge in [0.05, 0.1) is 24.4 Å². The molecule has 3 aliphatic rings. The minimum absolute atomic E-state index is 0.0643. The zero-order valence-corrected chi connectivity index (χ0v) is 37.0. The van der Waals surface area contributed by atoms with E-state index in [9.17, 15) is 19.5 Å². The van der Waals surface area contributed by atoms with E-state index in [4.69, 9.17) is 15.7 Å². The molecule has 16 heteroatoms. The number of nitrogens with zero attached hydrogens (tertiary/aromatic N) is 9. The second-order valence-electron chi connectivity index (χ2n) is 16.9. The van der Waals surface area contributed by atoms with Gasteiger partial charge in [0.15, 0.2) is 11.6 Å². The molecule has 0 bridgehead atoms. The van der Waals surface area contributed by atoms with Crippen LogP contribution >= 0.6 is 0 Å². The third-order valence-corrected chi connectivity index (χ3v) is 12.5. The molecule has 0 radical (unpaired) electrons. The van der Waals surface area contributed by atoms with Gasteiger partial charge in [0.25, 0.3) is 0 Å². The van der Waals surface area contributed by atoms with E-state index >= 15 is 0 Å². The van der Waals surface area contributed by atoms with Gasteiger partial charge < -0.3 is 26.0 Å². The molecule has 0 atom stereocenters. The van der Waals surface area contributed by atoms with Crippen LogP contribution in [-0.4, -0.2) is 143 Å². The number of imide groups is 1. The second kappa shape index (κ2) is 20.4. The Kier molecular flexibility index (Phi) is 14.1. The number of urea groups is 1. The number of aryl methyl sites for hydroxylation is 2. The molecule has 0 saturated carbocycles. The Bertz CT molecular complexity index is 2470. The third-order valence-electron chi connectivity index (χ3n) is 12.5. The Morgan fingerprint density at radius 2 is 1.59 bits per heavy atom. The van der Waals surface area contributed by atoms with Gasteiger partial charge in [-0.3, -0.25) is 34.3 Å². The summed E-state index contributed by atoms with van der Waals surface area (Å²) in [6.45, 7) is 10.7. The van der Waals surface area contributed by atoms with Crippen molar-refractivity contribution >= 4 is 51.6 Å². The Hall–Kier alpha value is -6.36. The van der Waals surface area contributed by atoms with Crippen LogP contribution in [0.2, 0.25) is 0 Å². The fourth-order valence-electron chi connectivity index (χ4n) is 8.89. The SMILES string of the molecule is C/C(N)=C(\c1cccc(CCCCCN2CCN(C(=O)CNc3ccc4c(N5CCC(=O)NC5=O)nn(C)c4c3)CC2)c1)c1nc(-c2ccccc2)cc(N2CCN(CCO)CC2)n1. The number of carbonyl (C=O) groups excluding carboxylic acids is 3. The molecule has 3 aromatic carbocycles. The molecule has 5 N–H and O–H groups in total. The highest BCUT2D eigenvalue weighted by molar-refractivity contribution is 6.09. The van der Waals surface area contributed by atoms with Gasteiger partial charge in [-0.1, -0.05) is 61.0 Å². The predicted molar refractivity (Wildman–Crippen MR) is 251 cm³/mol. The number of fused-ring (bicyclic) bond motifs is 1. The van der Waals surface area contributed by atoms with Crippen LogP contribution in [0.25, 0.3) is 27.7 Å². The van der Waals surface area contributed by atoms with Crippen molar-refractivity contribution in [2.24, 2.45) is 12.8 Å². The average Bonchev–Trinajstić information content (AvgIpc) is 3.63. The van der Waals surface area contributed by atoms with Crippen LogP contribution in [-0.2, 0) is 23.1 Å². The van der Waals surface area contributed by atoms with E-state index in [2.05, 4.69) is 72.9 Å². The van der Waals surface area contributed by atoms with Gasteiger partial charge in [-0.25, -0.2) is 14.8 Å². The number of rotatable bonds is 16. The molecule has 0 unspecified atom stereocenters. The maximum absolute atomic E-state index is 13.2. The number of β-amino-alcohol motifs (C(OH)–C–C–N with tert-alkyl or cyclic N) is 1. The molecule has 64 heavy (non-hydrogen) atoms. The van der Waals surface area contributed by atoms with Crippen molar-refractivity contribution in [3.05, 3.63) is 102 Å². The van der Waals surface area contributed by atoms with Crippen molar-refractivity contribution in [1.29, 1.82) is 0 Å². The first-order chi connectivity index (χ1) is 31.1. The Labute approximate surface area is 374 Å². The number of allylic oxidation sites excluding steroid dienone is 1. The molecule has 8 rings (SSSR count). The number of anilines is 3. The van der Waals surface area contributed by atoms with Crippen LogP contribution in [0.5, 0.6) is 0 Å². The molecule has 2 aromatic heterocycles. The van der Waals surface area contributed by atoms with E-state index in [0.29, 0.717) is 37.0 Å². The van der Waals surface area contributed by atoms with E-state index in [1.165, 1.54) is 10.5 Å². The first kappa shape index (κ1) is 44.3. The maximum Gasteiger partial charge on any atom is 0.329 e. The molecule has 5 heterocycles. The minimum atomic E-state index is -0.470. The van der Waals surface area contributed by atoms with Crippen LogP contribution < -0.4 is 26.2 Å². The van der Waals surface area contributed by atoms with Gasteiger partial charge in [-0.05, 0) is 62.1 Å². The molecule has 16 nitrogen and oxygen atoms in total. The van der Waals surface area contributed by atoms with Crippen molar-refractivity contribution in [3.63, 3.8) is 0 Å². The van der Waals surface area contributed by atoms with Gasteiger partial charge in [0.1, 0.15) is 5.82 Å². The number of aliphatic hydroxyl groups excluding tert-OH is 1. The number of aromatic nitrogens is 4. The smallest absolute Gasteiger partial charge is 0.329 e. The fourth-order valence-corrected chi connectivity index (χ4v) is 8.89. The number of hydrogen-bond donors (Lipinski definition) is 4. The summed E-state index contributed by atoms with van der Waals surface area (Å²) in [5.74, 6) is 1.78. The van der Waals surface area contributed by atoms with Crippen LogP contribution in [0.15, 0.2) is 84.6 Å². The summed E-state index contributed by atoms with van der Waals surface area (Å²) in [7, 11) is 1.81. The van der Waals surface area contributed by atoms with E-state index < -0.39 is 6.03 Å². The lowest BCUT2D eigenvalue weighted by Gasteiger charge is -2.35. The summed E-state index contributed by atoms with van der Waals surface area (Å²) in [6, 6.07) is 26.2. The van der Waals surface area contributed by atoms with Gasteiger partial charge in [0.2, 0.25) is 11.8 Å². The summed E-state index contributed by atoms with van der Waals surface area (Å²) in [5, 5.41) is 20.4. The highest BCUT2D eigenvalue weighted by Crippen LogP contribution is 2.31. The van der Waals surface area contributed by atoms with E-state index in [1.54, 1.807) is 4.68 Å². The van der Waals surface area contributed by atoms with Gasteiger partial charge in [-0.2, -0.15) is 5.10 Å². The lowest BCUT2D eigenvalue weighted by atomic mass is 9.98. The number of hydrogen-bond acceptors (Lipinski definition) is 12. The number of unbranched alkanes of at least 4 members (excludes halogenated alkanes) is 2. The average molecular weight is 869 g/mol. The van der Waals surface area contributed by atoms with Crippen LogP contribution in [0, 0.1) is 0 Å². The summed E-state index contributed by atoms with van der Waals surface area (Å²) in [4.78, 5) is 58.0. The lowest BCUT2D eigenvalue weighted by molar-refractivity contribution is -0.131. The first-order valence-corrected chi connectivity index (χ1v) is 22.5. The van der Waals surface area contributed by atoms with Crippen molar-refractivity contribution in [3.8, 4) is 11.3 Å². The molecular weight excluding hydrogens is 809 g/mol. The molecule has 4 amide bonds. The third kappa shape index (κ3) is 10.5. The van der Waals surface area contributed by atoms with Gasteiger partial charge in [0, 0.05) is 113 Å². The molecule has 5 aromatic rings. The topological polar surface area (TPSA) is 181 Å². The highest BCUT2D eigenvalue weighted by atomic mass is 16.3. The number of benzene rings is 3. The Morgan fingerprint density at radius 3 is 2.34 bits per heavy atom. The quantitative estimate of drug-likeness (QED) is 0.104. The van der Waals surface area contributed by atoms with Crippen molar-refractivity contribution in [2.75, 3.05) is 100 Å². The zero-order chi connectivity index (χ0) is 44.6. The van der Waals surface area contributed by atoms with Crippen molar-refractivity contribution < 1.29 is 19.5 Å².